The average Bonchev–Trinajstić information content (AvgIpc) is 2.16. The first-order chi connectivity index (χ1) is 6.90. The molecule has 1 nitrogen and oxygen atoms in total. The van der Waals surface area contributed by atoms with E-state index in [-0.39, 0.29) is 0 Å². The van der Waals surface area contributed by atoms with Crippen molar-refractivity contribution in [1.29, 1.82) is 0 Å². The second-order valence-corrected chi connectivity index (χ2v) is 3.99. The molecule has 14 heavy (non-hydrogen) atoms. The Hall–Kier alpha value is -0.980. The molecule has 1 aromatic carbocycles. The van der Waals surface area contributed by atoms with Crippen molar-refractivity contribution >= 4 is 0 Å². The van der Waals surface area contributed by atoms with Crippen LogP contribution in [-0.2, 0) is 12.8 Å². The Morgan fingerprint density at radius 1 is 1.14 bits per heavy atom. The van der Waals surface area contributed by atoms with Crippen LogP contribution in [0.15, 0.2) is 18.2 Å². The van der Waals surface area contributed by atoms with Gasteiger partial charge in [-0.05, 0) is 42.5 Å². The van der Waals surface area contributed by atoms with E-state index in [2.05, 4.69) is 25.1 Å². The van der Waals surface area contributed by atoms with Gasteiger partial charge < -0.3 is 4.74 Å². The van der Waals surface area contributed by atoms with Crippen molar-refractivity contribution in [3.63, 3.8) is 0 Å². The summed E-state index contributed by atoms with van der Waals surface area (Å²) in [6.07, 6.45) is 6.19. The van der Waals surface area contributed by atoms with E-state index in [1.165, 1.54) is 43.2 Å². The van der Waals surface area contributed by atoms with E-state index in [9.17, 15) is 0 Å². The molecule has 0 saturated carbocycles. The lowest BCUT2D eigenvalue weighted by molar-refractivity contribution is 0.305. The first kappa shape index (κ1) is 9.57. The quantitative estimate of drug-likeness (QED) is 0.647. The van der Waals surface area contributed by atoms with Crippen LogP contribution in [-0.4, -0.2) is 6.61 Å². The van der Waals surface area contributed by atoms with Crippen LogP contribution in [0.25, 0.3) is 0 Å². The van der Waals surface area contributed by atoms with E-state index in [0.29, 0.717) is 0 Å². The van der Waals surface area contributed by atoms with Gasteiger partial charge in [0.15, 0.2) is 0 Å². The zero-order valence-corrected chi connectivity index (χ0v) is 8.88. The van der Waals surface area contributed by atoms with Gasteiger partial charge in [0.05, 0.1) is 6.61 Å². The zero-order chi connectivity index (χ0) is 9.80. The van der Waals surface area contributed by atoms with E-state index in [4.69, 9.17) is 4.74 Å². The molecule has 1 aromatic rings. The summed E-state index contributed by atoms with van der Waals surface area (Å²) in [5.74, 6) is 1.06. The van der Waals surface area contributed by atoms with Gasteiger partial charge in [0.2, 0.25) is 0 Å². The minimum atomic E-state index is 0.868. The highest BCUT2D eigenvalue weighted by atomic mass is 16.5. The first-order valence-electron chi connectivity index (χ1n) is 5.65. The third-order valence-electron chi connectivity index (χ3n) is 2.86. The molecule has 0 atom stereocenters. The van der Waals surface area contributed by atoms with Crippen molar-refractivity contribution in [2.45, 2.75) is 39.0 Å². The minimum absolute atomic E-state index is 0.868. The molecule has 0 fully saturated rings. The molecule has 0 heterocycles. The van der Waals surface area contributed by atoms with Gasteiger partial charge in [-0.3, -0.25) is 0 Å². The van der Waals surface area contributed by atoms with Crippen LogP contribution in [0.5, 0.6) is 5.75 Å². The van der Waals surface area contributed by atoms with Gasteiger partial charge in [0.1, 0.15) is 5.75 Å². The molecular formula is C13H18O. The maximum Gasteiger partial charge on any atom is 0.119 e. The molecule has 1 aliphatic rings. The minimum Gasteiger partial charge on any atom is -0.494 e. The SMILES string of the molecule is CCCCCOc1ccc2c(c1)CC2. The molecule has 1 aliphatic carbocycles. The average molecular weight is 190 g/mol. The maximum atomic E-state index is 5.68. The summed E-state index contributed by atoms with van der Waals surface area (Å²) < 4.78 is 5.68. The molecule has 0 aliphatic heterocycles. The first-order valence-corrected chi connectivity index (χ1v) is 5.65. The van der Waals surface area contributed by atoms with Crippen LogP contribution in [0.1, 0.15) is 37.3 Å². The Bertz CT molecular complexity index is 304. The van der Waals surface area contributed by atoms with Crippen molar-refractivity contribution in [3.05, 3.63) is 29.3 Å². The maximum absolute atomic E-state index is 5.68. The van der Waals surface area contributed by atoms with Crippen LogP contribution in [0.4, 0.5) is 0 Å². The summed E-state index contributed by atoms with van der Waals surface area (Å²) in [5, 5.41) is 0. The van der Waals surface area contributed by atoms with Crippen LogP contribution < -0.4 is 4.74 Å². The number of ether oxygens (including phenoxy) is 1. The normalized spacial score (nSPS) is 13.2. The monoisotopic (exact) mass is 190 g/mol. The summed E-state index contributed by atoms with van der Waals surface area (Å²) in [7, 11) is 0. The number of unbranched alkanes of at least 4 members (excludes halogenated alkanes) is 2. The van der Waals surface area contributed by atoms with E-state index in [1.54, 1.807) is 0 Å². The van der Waals surface area contributed by atoms with Crippen molar-refractivity contribution < 1.29 is 4.74 Å². The van der Waals surface area contributed by atoms with Gasteiger partial charge in [0, 0.05) is 0 Å². The van der Waals surface area contributed by atoms with E-state index in [0.717, 1.165) is 12.4 Å². The van der Waals surface area contributed by atoms with Crippen molar-refractivity contribution in [3.8, 4) is 5.75 Å². The lowest BCUT2D eigenvalue weighted by Crippen LogP contribution is -2.08. The largest absolute Gasteiger partial charge is 0.494 e. The van der Waals surface area contributed by atoms with Gasteiger partial charge in [0.25, 0.3) is 0 Å². The molecule has 0 radical (unpaired) electrons. The van der Waals surface area contributed by atoms with Crippen molar-refractivity contribution in [1.82, 2.24) is 0 Å². The molecule has 0 unspecified atom stereocenters. The molecule has 0 aromatic heterocycles. The fourth-order valence-electron chi connectivity index (χ4n) is 1.80. The molecule has 0 N–H and O–H groups in total. The van der Waals surface area contributed by atoms with Gasteiger partial charge in [-0.2, -0.15) is 0 Å². The molecule has 0 saturated heterocycles. The summed E-state index contributed by atoms with van der Waals surface area (Å²) in [6.45, 7) is 3.08. The van der Waals surface area contributed by atoms with Crippen LogP contribution in [0.3, 0.4) is 0 Å². The number of hydrogen-bond acceptors (Lipinski definition) is 1. The molecule has 0 bridgehead atoms. The molecule has 76 valence electrons. The Morgan fingerprint density at radius 3 is 2.64 bits per heavy atom. The molecule has 0 amide bonds. The lowest BCUT2D eigenvalue weighted by Gasteiger charge is -2.19. The van der Waals surface area contributed by atoms with Gasteiger partial charge in [-0.15, -0.1) is 0 Å². The van der Waals surface area contributed by atoms with Gasteiger partial charge in [-0.25, -0.2) is 0 Å². The second kappa shape index (κ2) is 4.50. The Kier molecular flexibility index (Phi) is 3.07. The fraction of sp³-hybridized carbons (Fsp3) is 0.538. The smallest absolute Gasteiger partial charge is 0.119 e. The van der Waals surface area contributed by atoms with E-state index < -0.39 is 0 Å². The third-order valence-corrected chi connectivity index (χ3v) is 2.86. The highest BCUT2D eigenvalue weighted by Crippen LogP contribution is 2.26. The number of rotatable bonds is 5. The Morgan fingerprint density at radius 2 is 2.00 bits per heavy atom. The van der Waals surface area contributed by atoms with Gasteiger partial charge in [-0.1, -0.05) is 25.8 Å². The predicted octanol–water partition coefficient (Wildman–Crippen LogP) is 3.35. The van der Waals surface area contributed by atoms with Crippen molar-refractivity contribution in [2.24, 2.45) is 0 Å². The molecule has 2 rings (SSSR count). The summed E-state index contributed by atoms with van der Waals surface area (Å²) in [4.78, 5) is 0. The van der Waals surface area contributed by atoms with Crippen LogP contribution in [0.2, 0.25) is 0 Å². The summed E-state index contributed by atoms with van der Waals surface area (Å²) in [6, 6.07) is 6.50. The molecular weight excluding hydrogens is 172 g/mol. The highest BCUT2D eigenvalue weighted by Gasteiger charge is 2.12. The number of hydrogen-bond donors (Lipinski definition) is 0. The molecule has 0 spiro atoms. The number of aryl methyl sites for hydroxylation is 2. The van der Waals surface area contributed by atoms with E-state index in [1.807, 2.05) is 0 Å². The molecule has 1 heteroatoms. The lowest BCUT2D eigenvalue weighted by atomic mass is 9.89. The van der Waals surface area contributed by atoms with E-state index >= 15 is 0 Å². The zero-order valence-electron chi connectivity index (χ0n) is 8.88. The predicted molar refractivity (Wildman–Crippen MR) is 58.9 cm³/mol. The highest BCUT2D eigenvalue weighted by molar-refractivity contribution is 5.41. The van der Waals surface area contributed by atoms with Crippen molar-refractivity contribution in [2.75, 3.05) is 6.61 Å². The summed E-state index contributed by atoms with van der Waals surface area (Å²) in [5.41, 5.74) is 2.99. The third kappa shape index (κ3) is 2.09. The van der Waals surface area contributed by atoms with Crippen LogP contribution in [0, 0.1) is 0 Å². The van der Waals surface area contributed by atoms with Gasteiger partial charge >= 0.3 is 0 Å². The standard InChI is InChI=1S/C13H18O/c1-2-3-4-9-14-13-8-7-11-5-6-12(11)10-13/h7-8,10H,2-6,9H2,1H3. The Balaban J connectivity index is 1.81. The number of fused-ring (bicyclic) bond motifs is 1. The second-order valence-electron chi connectivity index (χ2n) is 3.99. The number of benzene rings is 1. The van der Waals surface area contributed by atoms with Crippen LogP contribution >= 0.6 is 0 Å². The fourth-order valence-corrected chi connectivity index (χ4v) is 1.80. The Labute approximate surface area is 86.1 Å². The summed E-state index contributed by atoms with van der Waals surface area (Å²) >= 11 is 0. The topological polar surface area (TPSA) is 9.23 Å².